The van der Waals surface area contributed by atoms with Gasteiger partial charge < -0.3 is 5.32 Å². The van der Waals surface area contributed by atoms with Crippen LogP contribution < -0.4 is 9.62 Å². The molecule has 5 aromatic rings. The predicted octanol–water partition coefficient (Wildman–Crippen LogP) is 5.61. The quantitative estimate of drug-likeness (QED) is 0.115. The third kappa shape index (κ3) is 6.90. The molecule has 0 bridgehead atoms. The summed E-state index contributed by atoms with van der Waals surface area (Å²) in [6.45, 7) is 1.75. The van der Waals surface area contributed by atoms with Crippen molar-refractivity contribution in [3.63, 3.8) is 0 Å². The van der Waals surface area contributed by atoms with Crippen LogP contribution >= 0.6 is 11.8 Å². The molecule has 0 atom stereocenters. The number of nitrogens with one attached hydrogen (secondary N) is 1. The lowest BCUT2D eigenvalue weighted by Crippen LogP contribution is -2.31. The van der Waals surface area contributed by atoms with Crippen molar-refractivity contribution in [2.45, 2.75) is 23.5 Å². The van der Waals surface area contributed by atoms with Gasteiger partial charge in [0.25, 0.3) is 15.7 Å². The maximum Gasteiger partial charge on any atom is 0.271 e. The van der Waals surface area contributed by atoms with Gasteiger partial charge in [-0.25, -0.2) is 8.42 Å². The molecule has 1 amide bonds. The predicted molar refractivity (Wildman–Crippen MR) is 165 cm³/mol. The van der Waals surface area contributed by atoms with E-state index in [2.05, 4.69) is 15.5 Å². The van der Waals surface area contributed by atoms with Crippen molar-refractivity contribution in [3.05, 3.63) is 131 Å². The summed E-state index contributed by atoms with van der Waals surface area (Å²) in [5.41, 5.74) is 2.23. The van der Waals surface area contributed by atoms with Crippen molar-refractivity contribution in [1.29, 1.82) is 0 Å². The van der Waals surface area contributed by atoms with Crippen LogP contribution in [0.2, 0.25) is 0 Å². The Balaban J connectivity index is 1.45. The highest BCUT2D eigenvalue weighted by Gasteiger charge is 2.28. The number of sulfonamides is 1. The Morgan fingerprint density at radius 3 is 2.28 bits per heavy atom. The van der Waals surface area contributed by atoms with Gasteiger partial charge >= 0.3 is 0 Å². The van der Waals surface area contributed by atoms with Crippen LogP contribution in [0.5, 0.6) is 0 Å². The minimum absolute atomic E-state index is 0.0717. The molecule has 0 unspecified atom stereocenters. The van der Waals surface area contributed by atoms with E-state index in [0.717, 1.165) is 17.3 Å². The molecule has 1 heterocycles. The summed E-state index contributed by atoms with van der Waals surface area (Å²) in [7, 11) is -4.00. The first-order valence-corrected chi connectivity index (χ1v) is 15.5. The zero-order chi connectivity index (χ0) is 30.4. The Kier molecular flexibility index (Phi) is 8.83. The number of amides is 1. The zero-order valence-electron chi connectivity index (χ0n) is 22.9. The zero-order valence-corrected chi connectivity index (χ0v) is 24.5. The van der Waals surface area contributed by atoms with Gasteiger partial charge in [0.2, 0.25) is 5.91 Å². The molecule has 0 saturated carbocycles. The minimum Gasteiger partial charge on any atom is -0.325 e. The van der Waals surface area contributed by atoms with E-state index in [0.29, 0.717) is 28.0 Å². The fourth-order valence-corrected chi connectivity index (χ4v) is 6.42. The number of hydrogen-bond donors (Lipinski definition) is 1. The number of carbonyl (C=O) groups is 1. The second kappa shape index (κ2) is 12.9. The summed E-state index contributed by atoms with van der Waals surface area (Å²) in [4.78, 5) is 23.4. The molecule has 43 heavy (non-hydrogen) atoms. The first-order valence-electron chi connectivity index (χ1n) is 13.0. The number of aryl methyl sites for hydroxylation is 1. The number of nitro groups is 1. The fraction of sp³-hybridized carbons (Fsp3) is 0.100. The Labute approximate surface area is 252 Å². The van der Waals surface area contributed by atoms with Crippen molar-refractivity contribution in [1.82, 2.24) is 14.8 Å². The standard InChI is InChI=1S/C30H26N6O5S2/c1-22-15-17-27(18-16-22)43(40,41)34(24-10-4-2-5-11-24)20-28-32-33-30(35(28)25-12-6-3-7-13-25)42-21-29(37)31-23-9-8-14-26(19-23)36(38)39/h2-19H,20-21H2,1H3,(H,31,37). The van der Waals surface area contributed by atoms with Crippen molar-refractivity contribution in [3.8, 4) is 5.69 Å². The van der Waals surface area contributed by atoms with Crippen molar-refractivity contribution >= 4 is 44.8 Å². The van der Waals surface area contributed by atoms with E-state index >= 15 is 0 Å². The highest BCUT2D eigenvalue weighted by molar-refractivity contribution is 7.99. The lowest BCUT2D eigenvalue weighted by atomic mass is 10.2. The van der Waals surface area contributed by atoms with Gasteiger partial charge in [0, 0.05) is 23.5 Å². The molecule has 218 valence electrons. The molecule has 5 rings (SSSR count). The topological polar surface area (TPSA) is 140 Å². The Morgan fingerprint density at radius 1 is 0.930 bits per heavy atom. The molecular weight excluding hydrogens is 589 g/mol. The van der Waals surface area contributed by atoms with E-state index in [-0.39, 0.29) is 22.9 Å². The summed E-state index contributed by atoms with van der Waals surface area (Å²) in [6, 6.07) is 30.2. The second-order valence-corrected chi connectivity index (χ2v) is 12.2. The molecular formula is C30H26N6O5S2. The number of hydrogen-bond acceptors (Lipinski definition) is 8. The molecule has 0 aliphatic carbocycles. The summed E-state index contributed by atoms with van der Waals surface area (Å²) in [5.74, 6) is -0.132. The van der Waals surface area contributed by atoms with Crippen molar-refractivity contribution in [2.75, 3.05) is 15.4 Å². The highest BCUT2D eigenvalue weighted by Crippen LogP contribution is 2.29. The molecule has 1 aromatic heterocycles. The van der Waals surface area contributed by atoms with Gasteiger partial charge in [-0.2, -0.15) is 0 Å². The Bertz CT molecular complexity index is 1850. The summed E-state index contributed by atoms with van der Waals surface area (Å²) in [5, 5.41) is 22.8. The number of aromatic nitrogens is 3. The maximum absolute atomic E-state index is 13.9. The highest BCUT2D eigenvalue weighted by atomic mass is 32.2. The van der Waals surface area contributed by atoms with Crippen LogP contribution in [0.25, 0.3) is 5.69 Å². The van der Waals surface area contributed by atoms with E-state index in [1.807, 2.05) is 37.3 Å². The SMILES string of the molecule is Cc1ccc(S(=O)(=O)N(Cc2nnc(SCC(=O)Nc3cccc([N+](=O)[O-])c3)n2-c2ccccc2)c2ccccc2)cc1. The van der Waals surface area contributed by atoms with Gasteiger partial charge in [-0.05, 0) is 49.4 Å². The van der Waals surface area contributed by atoms with Crippen LogP contribution in [-0.4, -0.2) is 39.8 Å². The van der Waals surface area contributed by atoms with Crippen LogP contribution in [0.4, 0.5) is 17.1 Å². The van der Waals surface area contributed by atoms with Crippen molar-refractivity contribution < 1.29 is 18.1 Å². The van der Waals surface area contributed by atoms with Crippen molar-refractivity contribution in [2.24, 2.45) is 0 Å². The maximum atomic E-state index is 13.9. The van der Waals surface area contributed by atoms with E-state index in [1.165, 1.54) is 22.5 Å². The Hall–Kier alpha value is -5.01. The number of nitrogens with zero attached hydrogens (tertiary/aromatic N) is 5. The van der Waals surface area contributed by atoms with Gasteiger partial charge in [-0.3, -0.25) is 23.8 Å². The largest absolute Gasteiger partial charge is 0.325 e. The lowest BCUT2D eigenvalue weighted by Gasteiger charge is -2.24. The first kappa shape index (κ1) is 29.5. The number of thioether (sulfide) groups is 1. The molecule has 0 saturated heterocycles. The number of para-hydroxylation sites is 2. The average molecular weight is 615 g/mol. The Morgan fingerprint density at radius 2 is 1.60 bits per heavy atom. The first-order chi connectivity index (χ1) is 20.7. The third-order valence-electron chi connectivity index (χ3n) is 6.33. The van der Waals surface area contributed by atoms with E-state index in [4.69, 9.17) is 0 Å². The van der Waals surface area contributed by atoms with Gasteiger partial charge in [0.05, 0.1) is 27.8 Å². The lowest BCUT2D eigenvalue weighted by molar-refractivity contribution is -0.384. The molecule has 13 heteroatoms. The minimum atomic E-state index is -4.00. The van der Waals surface area contributed by atoms with Crippen LogP contribution in [0.1, 0.15) is 11.4 Å². The summed E-state index contributed by atoms with van der Waals surface area (Å²) >= 11 is 1.10. The van der Waals surface area contributed by atoms with E-state index in [9.17, 15) is 23.3 Å². The fourth-order valence-electron chi connectivity index (χ4n) is 4.23. The number of anilines is 2. The van der Waals surface area contributed by atoms with Crippen LogP contribution in [0.15, 0.2) is 119 Å². The van der Waals surface area contributed by atoms with E-state index in [1.54, 1.807) is 65.2 Å². The van der Waals surface area contributed by atoms with Crippen LogP contribution in [0, 0.1) is 17.0 Å². The molecule has 0 aliphatic rings. The van der Waals surface area contributed by atoms with Crippen LogP contribution in [0.3, 0.4) is 0 Å². The molecule has 4 aromatic carbocycles. The monoisotopic (exact) mass is 614 g/mol. The van der Waals surface area contributed by atoms with Crippen LogP contribution in [-0.2, 0) is 21.4 Å². The summed E-state index contributed by atoms with van der Waals surface area (Å²) in [6.07, 6.45) is 0. The summed E-state index contributed by atoms with van der Waals surface area (Å²) < 4.78 is 30.8. The number of carbonyl (C=O) groups excluding carboxylic acids is 1. The number of nitro benzene ring substituents is 1. The smallest absolute Gasteiger partial charge is 0.271 e. The van der Waals surface area contributed by atoms with Gasteiger partial charge in [-0.15, -0.1) is 10.2 Å². The molecule has 11 nitrogen and oxygen atoms in total. The van der Waals surface area contributed by atoms with Gasteiger partial charge in [0.1, 0.15) is 0 Å². The normalized spacial score (nSPS) is 11.2. The van der Waals surface area contributed by atoms with E-state index < -0.39 is 20.9 Å². The molecule has 0 fully saturated rings. The third-order valence-corrected chi connectivity index (χ3v) is 9.04. The molecule has 0 spiro atoms. The molecule has 0 radical (unpaired) electrons. The molecule has 1 N–H and O–H groups in total. The number of benzene rings is 4. The van der Waals surface area contributed by atoms with Gasteiger partial charge in [-0.1, -0.05) is 71.9 Å². The molecule has 0 aliphatic heterocycles. The number of non-ortho nitro benzene ring substituents is 1. The average Bonchev–Trinajstić information content (AvgIpc) is 3.42. The second-order valence-electron chi connectivity index (χ2n) is 9.37. The number of rotatable bonds is 11. The van der Waals surface area contributed by atoms with Gasteiger partial charge in [0.15, 0.2) is 11.0 Å².